The van der Waals surface area contributed by atoms with Gasteiger partial charge in [0.25, 0.3) is 0 Å². The van der Waals surface area contributed by atoms with Crippen molar-refractivity contribution in [2.24, 2.45) is 0 Å². The number of thioether (sulfide) groups is 1. The second kappa shape index (κ2) is 9.15. The average Bonchev–Trinajstić information content (AvgIpc) is 3.15. The third kappa shape index (κ3) is 5.42. The second-order valence-electron chi connectivity index (χ2n) is 5.98. The first-order chi connectivity index (χ1) is 12.7. The van der Waals surface area contributed by atoms with Gasteiger partial charge in [-0.25, -0.2) is 4.98 Å². The number of amides is 1. The predicted octanol–water partition coefficient (Wildman–Crippen LogP) is 3.10. The van der Waals surface area contributed by atoms with Crippen LogP contribution in [0.25, 0.3) is 11.4 Å². The van der Waals surface area contributed by atoms with Crippen LogP contribution in [0.1, 0.15) is 18.9 Å². The number of carbonyl (C=O) groups excluding carboxylic acids is 1. The molecule has 2 aromatic heterocycles. The van der Waals surface area contributed by atoms with Crippen LogP contribution in [0.4, 0.5) is 0 Å². The molecule has 0 saturated heterocycles. The molecule has 26 heavy (non-hydrogen) atoms. The van der Waals surface area contributed by atoms with Crippen molar-refractivity contribution in [2.45, 2.75) is 31.0 Å². The molecule has 7 heteroatoms. The van der Waals surface area contributed by atoms with Crippen LogP contribution >= 0.6 is 11.8 Å². The highest BCUT2D eigenvalue weighted by atomic mass is 32.2. The quantitative estimate of drug-likeness (QED) is 0.598. The molecule has 1 unspecified atom stereocenters. The number of nitrogens with one attached hydrogen (secondary N) is 2. The van der Waals surface area contributed by atoms with E-state index in [4.69, 9.17) is 0 Å². The molecular weight excluding hydrogens is 346 g/mol. The summed E-state index contributed by atoms with van der Waals surface area (Å²) >= 11 is 1.32. The number of hydrogen-bond donors (Lipinski definition) is 2. The zero-order valence-electron chi connectivity index (χ0n) is 14.6. The second-order valence-corrected chi connectivity index (χ2v) is 6.93. The zero-order valence-corrected chi connectivity index (χ0v) is 15.4. The number of carbonyl (C=O) groups is 1. The topological polar surface area (TPSA) is 83.6 Å². The van der Waals surface area contributed by atoms with Crippen LogP contribution in [0, 0.1) is 0 Å². The molecule has 0 aliphatic carbocycles. The molecule has 1 aromatic carbocycles. The van der Waals surface area contributed by atoms with Crippen molar-refractivity contribution >= 4 is 17.7 Å². The molecule has 134 valence electrons. The maximum atomic E-state index is 12.1. The summed E-state index contributed by atoms with van der Waals surface area (Å²) in [6.45, 7) is 2.03. The van der Waals surface area contributed by atoms with Gasteiger partial charge in [-0.15, -0.1) is 5.10 Å². The van der Waals surface area contributed by atoms with Gasteiger partial charge in [0.2, 0.25) is 11.1 Å². The fourth-order valence-electron chi connectivity index (χ4n) is 2.50. The Bertz CT molecular complexity index is 822. The van der Waals surface area contributed by atoms with E-state index in [1.807, 2.05) is 37.3 Å². The number of aryl methyl sites for hydroxylation is 1. The highest BCUT2D eigenvalue weighted by Gasteiger charge is 2.11. The van der Waals surface area contributed by atoms with Crippen molar-refractivity contribution < 1.29 is 4.79 Å². The van der Waals surface area contributed by atoms with E-state index < -0.39 is 0 Å². The number of rotatable bonds is 8. The lowest BCUT2D eigenvalue weighted by molar-refractivity contribution is -0.119. The molecule has 0 spiro atoms. The Balaban J connectivity index is 1.42. The first-order valence-electron chi connectivity index (χ1n) is 8.49. The van der Waals surface area contributed by atoms with E-state index in [1.54, 1.807) is 12.4 Å². The van der Waals surface area contributed by atoms with Crippen molar-refractivity contribution in [3.8, 4) is 11.4 Å². The lowest BCUT2D eigenvalue weighted by Gasteiger charge is -2.13. The van der Waals surface area contributed by atoms with Gasteiger partial charge in [-0.05, 0) is 37.5 Å². The molecule has 0 saturated carbocycles. The van der Waals surface area contributed by atoms with Gasteiger partial charge in [0.1, 0.15) is 0 Å². The Hall–Kier alpha value is -2.67. The Morgan fingerprint density at radius 3 is 2.73 bits per heavy atom. The van der Waals surface area contributed by atoms with Gasteiger partial charge in [-0.3, -0.25) is 14.9 Å². The van der Waals surface area contributed by atoms with E-state index in [9.17, 15) is 4.79 Å². The first kappa shape index (κ1) is 18.1. The molecule has 0 fully saturated rings. The minimum Gasteiger partial charge on any atom is -0.353 e. The van der Waals surface area contributed by atoms with Crippen LogP contribution in [0.5, 0.6) is 0 Å². The number of aromatic nitrogens is 4. The van der Waals surface area contributed by atoms with Crippen molar-refractivity contribution in [1.82, 2.24) is 25.5 Å². The van der Waals surface area contributed by atoms with Crippen LogP contribution < -0.4 is 5.32 Å². The molecule has 0 radical (unpaired) electrons. The van der Waals surface area contributed by atoms with Crippen molar-refractivity contribution in [3.05, 3.63) is 60.4 Å². The van der Waals surface area contributed by atoms with E-state index in [2.05, 4.69) is 37.6 Å². The smallest absolute Gasteiger partial charge is 0.230 e. The first-order valence-corrected chi connectivity index (χ1v) is 9.48. The molecule has 0 aliphatic rings. The lowest BCUT2D eigenvalue weighted by atomic mass is 10.1. The Kier molecular flexibility index (Phi) is 6.38. The summed E-state index contributed by atoms with van der Waals surface area (Å²) < 4.78 is 0. The van der Waals surface area contributed by atoms with Gasteiger partial charge >= 0.3 is 0 Å². The number of pyridine rings is 1. The molecule has 0 bridgehead atoms. The van der Waals surface area contributed by atoms with Crippen LogP contribution in [0.15, 0.2) is 60.0 Å². The molecule has 3 aromatic rings. The molecule has 3 rings (SSSR count). The standard InChI is InChI=1S/C19H21N5OS/c1-14(7-8-15-5-3-2-4-6-15)21-17(25)13-26-19-22-18(23-24-19)16-9-11-20-12-10-16/h2-6,9-12,14H,7-8,13H2,1H3,(H,21,25)(H,22,23,24). The molecular formula is C19H21N5OS. The lowest BCUT2D eigenvalue weighted by Crippen LogP contribution is -2.34. The van der Waals surface area contributed by atoms with E-state index >= 15 is 0 Å². The molecule has 2 N–H and O–H groups in total. The van der Waals surface area contributed by atoms with Gasteiger partial charge in [-0.1, -0.05) is 42.1 Å². The average molecular weight is 367 g/mol. The number of benzene rings is 1. The summed E-state index contributed by atoms with van der Waals surface area (Å²) in [6, 6.07) is 14.1. The number of nitrogens with zero attached hydrogens (tertiary/aromatic N) is 3. The van der Waals surface area contributed by atoms with Gasteiger partial charge in [0.15, 0.2) is 5.82 Å². The number of hydrogen-bond acceptors (Lipinski definition) is 5. The van der Waals surface area contributed by atoms with E-state index in [1.165, 1.54) is 17.3 Å². The van der Waals surface area contributed by atoms with Gasteiger partial charge in [-0.2, -0.15) is 0 Å². The summed E-state index contributed by atoms with van der Waals surface area (Å²) in [5.41, 5.74) is 2.20. The molecule has 1 atom stereocenters. The Morgan fingerprint density at radius 1 is 1.19 bits per heavy atom. The Morgan fingerprint density at radius 2 is 1.96 bits per heavy atom. The summed E-state index contributed by atoms with van der Waals surface area (Å²) in [5.74, 6) is 0.959. The van der Waals surface area contributed by atoms with Crippen molar-refractivity contribution in [3.63, 3.8) is 0 Å². The highest BCUT2D eigenvalue weighted by Crippen LogP contribution is 2.18. The van der Waals surface area contributed by atoms with Crippen LogP contribution in [-0.2, 0) is 11.2 Å². The molecule has 2 heterocycles. The number of aromatic amines is 1. The fraction of sp³-hybridized carbons (Fsp3) is 0.263. The minimum atomic E-state index is -0.00850. The van der Waals surface area contributed by atoms with E-state index in [-0.39, 0.29) is 11.9 Å². The van der Waals surface area contributed by atoms with E-state index in [0.29, 0.717) is 16.7 Å². The highest BCUT2D eigenvalue weighted by molar-refractivity contribution is 7.99. The van der Waals surface area contributed by atoms with Crippen molar-refractivity contribution in [1.29, 1.82) is 0 Å². The maximum absolute atomic E-state index is 12.1. The molecule has 6 nitrogen and oxygen atoms in total. The van der Waals surface area contributed by atoms with Crippen molar-refractivity contribution in [2.75, 3.05) is 5.75 Å². The zero-order chi connectivity index (χ0) is 18.2. The summed E-state index contributed by atoms with van der Waals surface area (Å²) in [7, 11) is 0. The van der Waals surface area contributed by atoms with Crippen LogP contribution in [-0.4, -0.2) is 37.9 Å². The fourth-order valence-corrected chi connectivity index (χ4v) is 3.11. The van der Waals surface area contributed by atoms with Gasteiger partial charge in [0, 0.05) is 24.0 Å². The largest absolute Gasteiger partial charge is 0.353 e. The maximum Gasteiger partial charge on any atom is 0.230 e. The minimum absolute atomic E-state index is 0.00850. The normalized spacial score (nSPS) is 11.9. The Labute approximate surface area is 156 Å². The summed E-state index contributed by atoms with van der Waals surface area (Å²) in [6.07, 6.45) is 5.27. The number of H-pyrrole nitrogens is 1. The summed E-state index contributed by atoms with van der Waals surface area (Å²) in [5, 5.41) is 10.6. The summed E-state index contributed by atoms with van der Waals surface area (Å²) in [4.78, 5) is 20.5. The molecule has 1 amide bonds. The third-order valence-corrected chi connectivity index (χ3v) is 4.71. The van der Waals surface area contributed by atoms with Gasteiger partial charge in [0.05, 0.1) is 5.75 Å². The SMILES string of the molecule is CC(CCc1ccccc1)NC(=O)CSc1n[nH]c(-c2ccncc2)n1. The third-order valence-electron chi connectivity index (χ3n) is 3.87. The molecule has 0 aliphatic heterocycles. The van der Waals surface area contributed by atoms with Gasteiger partial charge < -0.3 is 5.32 Å². The van der Waals surface area contributed by atoms with E-state index in [0.717, 1.165) is 18.4 Å². The van der Waals surface area contributed by atoms with Crippen LogP contribution in [0.2, 0.25) is 0 Å². The monoisotopic (exact) mass is 367 g/mol. The van der Waals surface area contributed by atoms with Crippen LogP contribution in [0.3, 0.4) is 0 Å². The predicted molar refractivity (Wildman–Crippen MR) is 103 cm³/mol.